The van der Waals surface area contributed by atoms with Crippen molar-refractivity contribution in [1.29, 1.82) is 0 Å². The number of rotatable bonds is 0. The third-order valence-electron chi connectivity index (χ3n) is 0. The normalized spacial score (nSPS) is 7.20. The molecule has 0 aliphatic heterocycles. The Morgan fingerprint density at radius 3 is 1.00 bits per heavy atom. The van der Waals surface area contributed by atoms with Gasteiger partial charge >= 0.3 is 0 Å². The molecule has 0 saturated carbocycles. The van der Waals surface area contributed by atoms with Gasteiger partial charge in [0.2, 0.25) is 0 Å². The lowest BCUT2D eigenvalue weighted by molar-refractivity contribution is 0.505. The molecule has 34 valence electrons. The molecule has 0 aliphatic carbocycles. The lowest BCUT2D eigenvalue weighted by Gasteiger charge is -1.90. The summed E-state index contributed by atoms with van der Waals surface area (Å²) in [5.41, 5.74) is 0. The van der Waals surface area contributed by atoms with Gasteiger partial charge in [0.1, 0.15) is 0 Å². The van der Waals surface area contributed by atoms with E-state index >= 15 is 0 Å². The van der Waals surface area contributed by atoms with E-state index in [1.165, 1.54) is 0 Å². The molecule has 0 aromatic rings. The average Bonchev–Trinajstić information content (AvgIpc) is 0.811. The van der Waals surface area contributed by atoms with Crippen LogP contribution in [0.1, 0.15) is 0 Å². The minimum Gasteiger partial charge on any atom is -0.312 e. The van der Waals surface area contributed by atoms with Crippen LogP contribution in [-0.2, 0) is 0 Å². The van der Waals surface area contributed by atoms with Crippen molar-refractivity contribution in [2.24, 2.45) is 0 Å². The highest BCUT2D eigenvalue weighted by Gasteiger charge is 1.58. The highest BCUT2D eigenvalue weighted by molar-refractivity contribution is 5.85. The van der Waals surface area contributed by atoms with Gasteiger partial charge < -0.3 is 4.90 Å². The van der Waals surface area contributed by atoms with Crippen LogP contribution in [0.5, 0.6) is 0 Å². The summed E-state index contributed by atoms with van der Waals surface area (Å²) in [7, 11) is 6.00. The molecule has 0 radical (unpaired) electrons. The standard InChI is InChI=1S/C3H9N.ClH/c1-4(2)3;/h1-3H3;1H/i1+1,2+1,3+1,4+1;. The fourth-order valence-corrected chi connectivity index (χ4v) is 0. The predicted octanol–water partition coefficient (Wildman–Crippen LogP) is 0.600. The molecular formula is C3H10ClN. The van der Waals surface area contributed by atoms with Gasteiger partial charge in [-0.2, -0.15) is 0 Å². The Hall–Kier alpha value is 0.250. The molecule has 5 heavy (non-hydrogen) atoms. The second kappa shape index (κ2) is 4.25. The molecule has 0 spiro atoms. The second-order valence-electron chi connectivity index (χ2n) is 1.34. The average molecular weight is 99.5 g/mol. The quantitative estimate of drug-likeness (QED) is 0.318. The lowest BCUT2D eigenvalue weighted by atomic mass is 12.0. The molecule has 0 fully saturated rings. The monoisotopic (exact) mass is 99.1 g/mol. The van der Waals surface area contributed by atoms with Crippen molar-refractivity contribution < 1.29 is 0 Å². The molecule has 0 amide bonds. The number of nitrogens with zero attached hydrogens (tertiary/aromatic N) is 1. The van der Waals surface area contributed by atoms with Gasteiger partial charge in [-0.25, -0.2) is 0 Å². The van der Waals surface area contributed by atoms with Crippen LogP contribution in [-0.4, -0.2) is 26.0 Å². The zero-order chi connectivity index (χ0) is 3.58. The largest absolute Gasteiger partial charge is 0.312 e. The van der Waals surface area contributed by atoms with E-state index in [2.05, 4.69) is 0 Å². The van der Waals surface area contributed by atoms with Gasteiger partial charge in [0, 0.05) is 0 Å². The van der Waals surface area contributed by atoms with Crippen LogP contribution in [0.2, 0.25) is 0 Å². The van der Waals surface area contributed by atoms with E-state index < -0.39 is 0 Å². The zero-order valence-corrected chi connectivity index (χ0v) is 4.67. The zero-order valence-electron chi connectivity index (χ0n) is 3.86. The fraction of sp³-hybridized carbons (Fsp3) is 1.00. The van der Waals surface area contributed by atoms with Crippen molar-refractivity contribution in [1.82, 2.24) is 4.90 Å². The van der Waals surface area contributed by atoms with Crippen LogP contribution >= 0.6 is 12.4 Å². The second-order valence-corrected chi connectivity index (χ2v) is 1.34. The third-order valence-corrected chi connectivity index (χ3v) is 0. The minimum atomic E-state index is 0. The van der Waals surface area contributed by atoms with Crippen LogP contribution in [0.15, 0.2) is 0 Å². The summed E-state index contributed by atoms with van der Waals surface area (Å²) < 4.78 is 0. The molecule has 0 aromatic carbocycles. The van der Waals surface area contributed by atoms with Gasteiger partial charge in [0.25, 0.3) is 0 Å². The molecule has 0 rings (SSSR count). The van der Waals surface area contributed by atoms with Gasteiger partial charge in [-0.05, 0) is 21.1 Å². The Balaban J connectivity index is 0. The smallest absolute Gasteiger partial charge is 0.0140 e. The Kier molecular flexibility index (Phi) is 7.63. The highest BCUT2D eigenvalue weighted by atomic mass is 35.5. The van der Waals surface area contributed by atoms with Crippen molar-refractivity contribution in [2.75, 3.05) is 21.1 Å². The first-order chi connectivity index (χ1) is 1.73. The van der Waals surface area contributed by atoms with E-state index in [-0.39, 0.29) is 12.4 Å². The van der Waals surface area contributed by atoms with Gasteiger partial charge in [0.05, 0.1) is 0 Å². The first kappa shape index (κ1) is 8.98. The first-order valence-corrected chi connectivity index (χ1v) is 1.34. The Labute approximate surface area is 39.4 Å². The lowest BCUT2D eigenvalue weighted by Crippen LogP contribution is -1.99. The third kappa shape index (κ3) is 344. The summed E-state index contributed by atoms with van der Waals surface area (Å²) in [5.74, 6) is 0. The van der Waals surface area contributed by atoms with Gasteiger partial charge in [-0.1, -0.05) is 0 Å². The fourth-order valence-electron chi connectivity index (χ4n) is 0. The Morgan fingerprint density at radius 1 is 1.00 bits per heavy atom. The maximum absolute atomic E-state index is 2.00. The van der Waals surface area contributed by atoms with Gasteiger partial charge in [0.15, 0.2) is 0 Å². The van der Waals surface area contributed by atoms with E-state index in [0.717, 1.165) is 0 Å². The SMILES string of the molecule is Cl.[13CH3][15N]([13CH3])[13CH3]. The van der Waals surface area contributed by atoms with Crippen molar-refractivity contribution in [3.63, 3.8) is 0 Å². The van der Waals surface area contributed by atoms with Crippen LogP contribution in [0, 0.1) is 0 Å². The molecule has 1 nitrogen and oxygen atoms in total. The van der Waals surface area contributed by atoms with Crippen molar-refractivity contribution in [3.8, 4) is 0 Å². The maximum Gasteiger partial charge on any atom is -0.0140 e. The first-order valence-electron chi connectivity index (χ1n) is 1.34. The molecule has 2 heteroatoms. The number of hydrogen-bond donors (Lipinski definition) is 0. The Morgan fingerprint density at radius 2 is 1.00 bits per heavy atom. The summed E-state index contributed by atoms with van der Waals surface area (Å²) >= 11 is 0. The van der Waals surface area contributed by atoms with E-state index in [1.807, 2.05) is 26.0 Å². The summed E-state index contributed by atoms with van der Waals surface area (Å²) in [6, 6.07) is 0. The van der Waals surface area contributed by atoms with Gasteiger partial charge in [-0.3, -0.25) is 0 Å². The summed E-state index contributed by atoms with van der Waals surface area (Å²) in [6.07, 6.45) is 0. The molecular weight excluding hydrogens is 89.5 g/mol. The predicted molar refractivity (Wildman–Crippen MR) is 26.9 cm³/mol. The number of halogens is 1. The molecule has 0 aliphatic rings. The summed E-state index contributed by atoms with van der Waals surface area (Å²) in [6.45, 7) is 0. The molecule has 0 atom stereocenters. The topological polar surface area (TPSA) is 3.24 Å². The number of hydrogen-bond acceptors (Lipinski definition) is 1. The molecule has 0 saturated heterocycles. The van der Waals surface area contributed by atoms with E-state index in [1.54, 1.807) is 0 Å². The van der Waals surface area contributed by atoms with Crippen LogP contribution in [0.25, 0.3) is 0 Å². The Bertz CT molecular complexity index is 11.6. The summed E-state index contributed by atoms with van der Waals surface area (Å²) in [4.78, 5) is 2.00. The van der Waals surface area contributed by atoms with Crippen LogP contribution < -0.4 is 0 Å². The molecule has 0 aromatic heterocycles. The van der Waals surface area contributed by atoms with E-state index in [0.29, 0.717) is 0 Å². The summed E-state index contributed by atoms with van der Waals surface area (Å²) in [5, 5.41) is 0. The molecule has 0 heterocycles. The van der Waals surface area contributed by atoms with E-state index in [4.69, 9.17) is 0 Å². The van der Waals surface area contributed by atoms with Crippen molar-refractivity contribution >= 4 is 12.4 Å². The van der Waals surface area contributed by atoms with Crippen LogP contribution in [0.3, 0.4) is 0 Å². The van der Waals surface area contributed by atoms with Crippen molar-refractivity contribution in [3.05, 3.63) is 0 Å². The minimum absolute atomic E-state index is 0. The molecule has 0 bridgehead atoms. The van der Waals surface area contributed by atoms with E-state index in [9.17, 15) is 0 Å². The molecule has 0 N–H and O–H groups in total. The van der Waals surface area contributed by atoms with Gasteiger partial charge in [-0.15, -0.1) is 12.4 Å². The van der Waals surface area contributed by atoms with Crippen molar-refractivity contribution in [2.45, 2.75) is 0 Å². The molecule has 0 unspecified atom stereocenters. The maximum atomic E-state index is 2.00. The highest BCUT2D eigenvalue weighted by Crippen LogP contribution is 1.47. The van der Waals surface area contributed by atoms with Crippen LogP contribution in [0.4, 0.5) is 0 Å².